The molecule has 0 amide bonds. The largest absolute Gasteiger partial charge is 0.309 e. The van der Waals surface area contributed by atoms with Gasteiger partial charge in [0.05, 0.1) is 10.0 Å². The third-order valence-electron chi connectivity index (χ3n) is 2.84. The van der Waals surface area contributed by atoms with Crippen molar-refractivity contribution in [2.24, 2.45) is 0 Å². The Labute approximate surface area is 136 Å². The zero-order valence-corrected chi connectivity index (χ0v) is 14.3. The fourth-order valence-electron chi connectivity index (χ4n) is 1.96. The van der Waals surface area contributed by atoms with Crippen molar-refractivity contribution in [2.45, 2.75) is 19.4 Å². The van der Waals surface area contributed by atoms with E-state index >= 15 is 0 Å². The molecule has 102 valence electrons. The van der Waals surface area contributed by atoms with Crippen LogP contribution in [0, 0.1) is 0 Å². The smallest absolute Gasteiger partial charge is 0.0624 e. The topological polar surface area (TPSA) is 12.0 Å². The molecule has 0 fully saturated rings. The molecule has 1 aromatic carbocycles. The van der Waals surface area contributed by atoms with E-state index in [0.717, 1.165) is 23.0 Å². The zero-order valence-electron chi connectivity index (χ0n) is 10.4. The van der Waals surface area contributed by atoms with Crippen LogP contribution in [0.4, 0.5) is 0 Å². The lowest BCUT2D eigenvalue weighted by Crippen LogP contribution is -2.22. The standard InChI is InChI=1S/C14H14BrCl2NS/c1-2-18-12(13-7-10(15)8-19-13)6-9-4-3-5-11(16)14(9)17/h3-5,7-8,12,18H,2,6H2,1H3. The molecule has 1 N–H and O–H groups in total. The van der Waals surface area contributed by atoms with Crippen molar-refractivity contribution in [3.05, 3.63) is 54.6 Å². The second-order valence-electron chi connectivity index (χ2n) is 4.19. The van der Waals surface area contributed by atoms with E-state index in [1.807, 2.05) is 18.2 Å². The highest BCUT2D eigenvalue weighted by molar-refractivity contribution is 9.10. The van der Waals surface area contributed by atoms with Crippen LogP contribution < -0.4 is 5.32 Å². The Kier molecular flexibility index (Phi) is 5.72. The second kappa shape index (κ2) is 7.09. The number of rotatable bonds is 5. The van der Waals surface area contributed by atoms with Crippen LogP contribution in [0.3, 0.4) is 0 Å². The van der Waals surface area contributed by atoms with Crippen LogP contribution >= 0.6 is 50.5 Å². The minimum Gasteiger partial charge on any atom is -0.309 e. The summed E-state index contributed by atoms with van der Waals surface area (Å²) >= 11 is 17.6. The molecule has 1 nitrogen and oxygen atoms in total. The Morgan fingerprint density at radius 2 is 2.16 bits per heavy atom. The normalized spacial score (nSPS) is 12.6. The van der Waals surface area contributed by atoms with Crippen molar-refractivity contribution >= 4 is 50.5 Å². The molecule has 2 rings (SSSR count). The molecule has 0 bridgehead atoms. The molecule has 0 aliphatic heterocycles. The maximum Gasteiger partial charge on any atom is 0.0624 e. The third-order valence-corrected chi connectivity index (χ3v) is 5.50. The first-order valence-corrected chi connectivity index (χ1v) is 8.45. The van der Waals surface area contributed by atoms with Crippen LogP contribution in [0.1, 0.15) is 23.4 Å². The van der Waals surface area contributed by atoms with Crippen molar-refractivity contribution in [3.63, 3.8) is 0 Å². The van der Waals surface area contributed by atoms with Gasteiger partial charge in [-0.15, -0.1) is 11.3 Å². The highest BCUT2D eigenvalue weighted by Crippen LogP contribution is 2.32. The van der Waals surface area contributed by atoms with Gasteiger partial charge in [-0.1, -0.05) is 42.3 Å². The Morgan fingerprint density at radius 3 is 2.79 bits per heavy atom. The minimum absolute atomic E-state index is 0.261. The molecule has 1 unspecified atom stereocenters. The fourth-order valence-corrected chi connectivity index (χ4v) is 3.88. The van der Waals surface area contributed by atoms with E-state index in [1.165, 1.54) is 4.88 Å². The molecule has 2 aromatic rings. The Bertz CT molecular complexity index is 556. The average molecular weight is 379 g/mol. The van der Waals surface area contributed by atoms with Crippen molar-refractivity contribution in [1.29, 1.82) is 0 Å². The Hall–Kier alpha value is -0.0600. The van der Waals surface area contributed by atoms with Gasteiger partial charge in [0, 0.05) is 20.8 Å². The molecule has 0 saturated heterocycles. The Balaban J connectivity index is 2.23. The third kappa shape index (κ3) is 3.96. The maximum absolute atomic E-state index is 6.26. The van der Waals surface area contributed by atoms with E-state index in [1.54, 1.807) is 11.3 Å². The molecule has 19 heavy (non-hydrogen) atoms. The maximum atomic E-state index is 6.26. The summed E-state index contributed by atoms with van der Waals surface area (Å²) in [5.41, 5.74) is 1.07. The molecular weight excluding hydrogens is 365 g/mol. The molecule has 5 heteroatoms. The molecule has 1 aromatic heterocycles. The van der Waals surface area contributed by atoms with Crippen LogP contribution in [0.2, 0.25) is 10.0 Å². The highest BCUT2D eigenvalue weighted by Gasteiger charge is 2.15. The van der Waals surface area contributed by atoms with Gasteiger partial charge in [-0.3, -0.25) is 0 Å². The number of nitrogens with one attached hydrogen (secondary N) is 1. The predicted molar refractivity (Wildman–Crippen MR) is 88.6 cm³/mol. The van der Waals surface area contributed by atoms with Crippen molar-refractivity contribution in [3.8, 4) is 0 Å². The quantitative estimate of drug-likeness (QED) is 0.702. The van der Waals surface area contributed by atoms with Gasteiger partial charge >= 0.3 is 0 Å². The number of hydrogen-bond acceptors (Lipinski definition) is 2. The average Bonchev–Trinajstić information content (AvgIpc) is 2.81. The molecule has 1 heterocycles. The first-order valence-electron chi connectivity index (χ1n) is 6.02. The minimum atomic E-state index is 0.261. The number of benzene rings is 1. The van der Waals surface area contributed by atoms with Gasteiger partial charge in [-0.25, -0.2) is 0 Å². The van der Waals surface area contributed by atoms with Crippen LogP contribution in [0.25, 0.3) is 0 Å². The van der Waals surface area contributed by atoms with Gasteiger partial charge in [0.25, 0.3) is 0 Å². The monoisotopic (exact) mass is 377 g/mol. The molecule has 0 saturated carbocycles. The molecule has 0 aliphatic rings. The fraction of sp³-hybridized carbons (Fsp3) is 0.286. The predicted octanol–water partition coefficient (Wildman–Crippen LogP) is 5.71. The van der Waals surface area contributed by atoms with Crippen molar-refractivity contribution in [2.75, 3.05) is 6.54 Å². The number of hydrogen-bond donors (Lipinski definition) is 1. The zero-order chi connectivity index (χ0) is 13.8. The molecule has 0 spiro atoms. The van der Waals surface area contributed by atoms with E-state index in [9.17, 15) is 0 Å². The molecule has 1 atom stereocenters. The summed E-state index contributed by atoms with van der Waals surface area (Å²) in [4.78, 5) is 1.30. The van der Waals surface area contributed by atoms with Gasteiger partial charge < -0.3 is 5.32 Å². The Morgan fingerprint density at radius 1 is 1.37 bits per heavy atom. The van der Waals surface area contributed by atoms with E-state index < -0.39 is 0 Å². The van der Waals surface area contributed by atoms with Crippen LogP contribution in [0.15, 0.2) is 34.1 Å². The summed E-state index contributed by atoms with van der Waals surface area (Å²) in [6, 6.07) is 8.20. The lowest BCUT2D eigenvalue weighted by Gasteiger charge is -2.17. The number of likely N-dealkylation sites (N-methyl/N-ethyl adjacent to an activating group) is 1. The van der Waals surface area contributed by atoms with E-state index in [0.29, 0.717) is 10.0 Å². The van der Waals surface area contributed by atoms with Gasteiger partial charge in [-0.2, -0.15) is 0 Å². The second-order valence-corrected chi connectivity index (χ2v) is 6.84. The van der Waals surface area contributed by atoms with Crippen LogP contribution in [0.5, 0.6) is 0 Å². The number of thiophene rings is 1. The highest BCUT2D eigenvalue weighted by atomic mass is 79.9. The van der Waals surface area contributed by atoms with Crippen LogP contribution in [-0.2, 0) is 6.42 Å². The van der Waals surface area contributed by atoms with E-state index in [2.05, 4.69) is 39.6 Å². The van der Waals surface area contributed by atoms with Crippen molar-refractivity contribution < 1.29 is 0 Å². The van der Waals surface area contributed by atoms with Gasteiger partial charge in [-0.05, 0) is 46.6 Å². The lowest BCUT2D eigenvalue weighted by molar-refractivity contribution is 0.558. The summed E-state index contributed by atoms with van der Waals surface area (Å²) in [6.07, 6.45) is 0.834. The number of halogens is 3. The summed E-state index contributed by atoms with van der Waals surface area (Å²) in [5, 5.41) is 6.86. The molecular formula is C14H14BrCl2NS. The first-order chi connectivity index (χ1) is 9.11. The lowest BCUT2D eigenvalue weighted by atomic mass is 10.0. The van der Waals surface area contributed by atoms with E-state index in [4.69, 9.17) is 23.2 Å². The van der Waals surface area contributed by atoms with E-state index in [-0.39, 0.29) is 6.04 Å². The van der Waals surface area contributed by atoms with Gasteiger partial charge in [0.1, 0.15) is 0 Å². The summed E-state index contributed by atoms with van der Waals surface area (Å²) in [5.74, 6) is 0. The summed E-state index contributed by atoms with van der Waals surface area (Å²) in [7, 11) is 0. The molecule has 0 aliphatic carbocycles. The SMILES string of the molecule is CCNC(Cc1cccc(Cl)c1Cl)c1cc(Br)cs1. The van der Waals surface area contributed by atoms with Crippen LogP contribution in [-0.4, -0.2) is 6.54 Å². The summed E-state index contributed by atoms with van der Waals surface area (Å²) in [6.45, 7) is 3.02. The summed E-state index contributed by atoms with van der Waals surface area (Å²) < 4.78 is 1.12. The molecule has 0 radical (unpaired) electrons. The van der Waals surface area contributed by atoms with Gasteiger partial charge in [0.2, 0.25) is 0 Å². The van der Waals surface area contributed by atoms with Gasteiger partial charge in [0.15, 0.2) is 0 Å². The first kappa shape index (κ1) is 15.3. The van der Waals surface area contributed by atoms with Crippen molar-refractivity contribution in [1.82, 2.24) is 5.32 Å².